The quantitative estimate of drug-likeness (QED) is 0.839. The number of rotatable bonds is 1. The smallest absolute Gasteiger partial charge is 0.275 e. The van der Waals surface area contributed by atoms with Gasteiger partial charge in [0.2, 0.25) is 0 Å². The zero-order valence-electron chi connectivity index (χ0n) is 11.2. The molecule has 4 heteroatoms. The van der Waals surface area contributed by atoms with Crippen molar-refractivity contribution in [1.29, 1.82) is 0 Å². The maximum Gasteiger partial charge on any atom is 0.275 e. The molecule has 2 aromatic rings. The summed E-state index contributed by atoms with van der Waals surface area (Å²) in [6.45, 7) is 4.00. The third kappa shape index (κ3) is 2.16. The molecule has 0 radical (unpaired) electrons. The van der Waals surface area contributed by atoms with Crippen molar-refractivity contribution in [2.45, 2.75) is 13.8 Å². The van der Waals surface area contributed by atoms with E-state index in [9.17, 15) is 4.79 Å². The molecule has 0 unspecified atom stereocenters. The molecule has 0 saturated heterocycles. The van der Waals surface area contributed by atoms with Crippen molar-refractivity contribution < 1.29 is 4.79 Å². The third-order valence-corrected chi connectivity index (χ3v) is 4.21. The van der Waals surface area contributed by atoms with Crippen LogP contribution in [0.15, 0.2) is 45.9 Å². The monoisotopic (exact) mass is 328 g/mol. The Kier molecular flexibility index (Phi) is 3.18. The van der Waals surface area contributed by atoms with Crippen molar-refractivity contribution in [3.63, 3.8) is 0 Å². The topological polar surface area (TPSA) is 41.5 Å². The van der Waals surface area contributed by atoms with Crippen LogP contribution in [0.25, 0.3) is 0 Å². The van der Waals surface area contributed by atoms with Gasteiger partial charge in [0.25, 0.3) is 5.91 Å². The minimum Gasteiger partial charge on any atom is -0.320 e. The van der Waals surface area contributed by atoms with E-state index in [1.165, 1.54) is 0 Å². The summed E-state index contributed by atoms with van der Waals surface area (Å²) in [6, 6.07) is 11.6. The lowest BCUT2D eigenvalue weighted by Gasteiger charge is -2.05. The van der Waals surface area contributed by atoms with Crippen LogP contribution in [0.2, 0.25) is 0 Å². The predicted molar refractivity (Wildman–Crippen MR) is 84.9 cm³/mol. The molecule has 1 aliphatic rings. The van der Waals surface area contributed by atoms with Crippen LogP contribution in [0.5, 0.6) is 0 Å². The van der Waals surface area contributed by atoms with E-state index in [2.05, 4.69) is 26.2 Å². The molecule has 0 atom stereocenters. The minimum absolute atomic E-state index is 0.147. The maximum absolute atomic E-state index is 12.0. The van der Waals surface area contributed by atoms with Crippen molar-refractivity contribution in [2.75, 3.05) is 5.32 Å². The van der Waals surface area contributed by atoms with E-state index in [0.29, 0.717) is 5.71 Å². The molecule has 1 heterocycles. The number of carbonyl (C=O) groups is 1. The number of nitrogens with zero attached hydrogens (tertiary/aromatic N) is 1. The van der Waals surface area contributed by atoms with Crippen LogP contribution < -0.4 is 5.32 Å². The van der Waals surface area contributed by atoms with Crippen LogP contribution in [-0.2, 0) is 4.79 Å². The van der Waals surface area contributed by atoms with Crippen molar-refractivity contribution in [2.24, 2.45) is 4.99 Å². The summed E-state index contributed by atoms with van der Waals surface area (Å²) in [7, 11) is 0. The number of hydrogen-bond acceptors (Lipinski definition) is 2. The first-order valence-corrected chi connectivity index (χ1v) is 7.12. The van der Waals surface area contributed by atoms with Crippen LogP contribution in [-0.4, -0.2) is 11.6 Å². The summed E-state index contributed by atoms with van der Waals surface area (Å²) < 4.78 is 1.05. The standard InChI is InChI=1S/C16H13BrN2O/c1-9-8-14(10(2)7-12(9)17)18-15-11-5-3-4-6-13(11)19-16(15)20/h3-8H,1-2H3,(H,18,19,20). The number of halogens is 1. The largest absolute Gasteiger partial charge is 0.320 e. The van der Waals surface area contributed by atoms with Crippen LogP contribution in [0.3, 0.4) is 0 Å². The highest BCUT2D eigenvalue weighted by molar-refractivity contribution is 9.10. The molecule has 0 fully saturated rings. The predicted octanol–water partition coefficient (Wildman–Crippen LogP) is 4.14. The molecule has 0 bridgehead atoms. The Morgan fingerprint density at radius 1 is 1.10 bits per heavy atom. The van der Waals surface area contributed by atoms with Gasteiger partial charge in [-0.25, -0.2) is 4.99 Å². The molecule has 20 heavy (non-hydrogen) atoms. The van der Waals surface area contributed by atoms with Gasteiger partial charge < -0.3 is 5.32 Å². The van der Waals surface area contributed by atoms with Gasteiger partial charge in [-0.05, 0) is 43.2 Å². The van der Waals surface area contributed by atoms with E-state index in [1.807, 2.05) is 50.2 Å². The van der Waals surface area contributed by atoms with Crippen LogP contribution >= 0.6 is 15.9 Å². The van der Waals surface area contributed by atoms with Gasteiger partial charge in [0.15, 0.2) is 0 Å². The average molecular weight is 329 g/mol. The molecule has 0 aromatic heterocycles. The fraction of sp³-hybridized carbons (Fsp3) is 0.125. The summed E-state index contributed by atoms with van der Waals surface area (Å²) in [5.41, 5.74) is 5.12. The Morgan fingerprint density at radius 2 is 1.85 bits per heavy atom. The van der Waals surface area contributed by atoms with Crippen LogP contribution in [0, 0.1) is 13.8 Å². The Bertz CT molecular complexity index is 750. The first kappa shape index (κ1) is 13.1. The first-order chi connectivity index (χ1) is 9.56. The fourth-order valence-electron chi connectivity index (χ4n) is 2.22. The highest BCUT2D eigenvalue weighted by atomic mass is 79.9. The third-order valence-electron chi connectivity index (χ3n) is 3.35. The summed E-state index contributed by atoms with van der Waals surface area (Å²) in [6.07, 6.45) is 0. The maximum atomic E-state index is 12.0. The van der Waals surface area contributed by atoms with Gasteiger partial charge in [-0.1, -0.05) is 34.1 Å². The van der Waals surface area contributed by atoms with E-state index >= 15 is 0 Å². The number of aliphatic imine (C=N–C) groups is 1. The van der Waals surface area contributed by atoms with Gasteiger partial charge in [-0.2, -0.15) is 0 Å². The molecule has 0 spiro atoms. The lowest BCUT2D eigenvalue weighted by atomic mass is 10.1. The normalized spacial score (nSPS) is 15.3. The summed E-state index contributed by atoms with van der Waals surface area (Å²) in [4.78, 5) is 16.6. The number of nitrogens with one attached hydrogen (secondary N) is 1. The van der Waals surface area contributed by atoms with E-state index in [-0.39, 0.29) is 5.91 Å². The second-order valence-electron chi connectivity index (χ2n) is 4.85. The van der Waals surface area contributed by atoms with Crippen molar-refractivity contribution in [1.82, 2.24) is 0 Å². The Balaban J connectivity index is 2.14. The summed E-state index contributed by atoms with van der Waals surface area (Å²) in [5, 5.41) is 2.83. The van der Waals surface area contributed by atoms with Gasteiger partial charge in [-0.15, -0.1) is 0 Å². The molecule has 1 amide bonds. The molecule has 3 nitrogen and oxygen atoms in total. The molecular weight excluding hydrogens is 316 g/mol. The number of amides is 1. The van der Waals surface area contributed by atoms with Gasteiger partial charge in [0.05, 0.1) is 11.4 Å². The first-order valence-electron chi connectivity index (χ1n) is 6.32. The Labute approximate surface area is 125 Å². The van der Waals surface area contributed by atoms with Gasteiger partial charge >= 0.3 is 0 Å². The number of fused-ring (bicyclic) bond motifs is 1. The summed E-state index contributed by atoms with van der Waals surface area (Å²) in [5.74, 6) is -0.147. The van der Waals surface area contributed by atoms with E-state index in [4.69, 9.17) is 0 Å². The molecule has 100 valence electrons. The van der Waals surface area contributed by atoms with Crippen molar-refractivity contribution in [3.8, 4) is 0 Å². The average Bonchev–Trinajstić information content (AvgIpc) is 2.72. The molecule has 3 rings (SSSR count). The number of aryl methyl sites for hydroxylation is 2. The SMILES string of the molecule is Cc1cc(N=C2C(=O)Nc3ccccc32)c(C)cc1Br. The zero-order chi connectivity index (χ0) is 14.3. The molecule has 0 aliphatic carbocycles. The van der Waals surface area contributed by atoms with E-state index < -0.39 is 0 Å². The highest BCUT2D eigenvalue weighted by Crippen LogP contribution is 2.30. The molecule has 1 aliphatic heterocycles. The summed E-state index contributed by atoms with van der Waals surface area (Å²) >= 11 is 3.50. The van der Waals surface area contributed by atoms with Crippen molar-refractivity contribution >= 4 is 38.9 Å². The second kappa shape index (κ2) is 4.87. The van der Waals surface area contributed by atoms with Crippen LogP contribution in [0.4, 0.5) is 11.4 Å². The number of anilines is 1. The Hall–Kier alpha value is -1.94. The zero-order valence-corrected chi connectivity index (χ0v) is 12.8. The fourth-order valence-corrected chi connectivity index (χ4v) is 2.68. The minimum atomic E-state index is -0.147. The van der Waals surface area contributed by atoms with Gasteiger partial charge in [0, 0.05) is 10.0 Å². The molecule has 1 N–H and O–H groups in total. The number of benzene rings is 2. The Morgan fingerprint density at radius 3 is 2.65 bits per heavy atom. The number of carbonyl (C=O) groups excluding carboxylic acids is 1. The van der Waals surface area contributed by atoms with Crippen molar-refractivity contribution in [3.05, 3.63) is 57.6 Å². The highest BCUT2D eigenvalue weighted by Gasteiger charge is 2.25. The van der Waals surface area contributed by atoms with Gasteiger partial charge in [-0.3, -0.25) is 4.79 Å². The molecular formula is C16H13BrN2O. The van der Waals surface area contributed by atoms with Gasteiger partial charge in [0.1, 0.15) is 5.71 Å². The lowest BCUT2D eigenvalue weighted by molar-refractivity contribution is -0.110. The lowest BCUT2D eigenvalue weighted by Crippen LogP contribution is -2.14. The number of para-hydroxylation sites is 1. The van der Waals surface area contributed by atoms with Crippen LogP contribution in [0.1, 0.15) is 16.7 Å². The second-order valence-corrected chi connectivity index (χ2v) is 5.70. The molecule has 0 saturated carbocycles. The van der Waals surface area contributed by atoms with E-state index in [1.54, 1.807) is 0 Å². The van der Waals surface area contributed by atoms with E-state index in [0.717, 1.165) is 32.5 Å². The number of hydrogen-bond donors (Lipinski definition) is 1. The molecule has 2 aromatic carbocycles.